The molecule has 0 spiro atoms. The van der Waals surface area contributed by atoms with Crippen LogP contribution in [0.4, 0.5) is 24.5 Å². The summed E-state index contributed by atoms with van der Waals surface area (Å²) < 4.78 is 36.7. The molecule has 0 bridgehead atoms. The molecular formula is C11H11F3N2O4. The second-order valence-corrected chi connectivity index (χ2v) is 3.98. The number of hydrogen-bond donors (Lipinski definition) is 2. The highest BCUT2D eigenvalue weighted by Crippen LogP contribution is 2.38. The SMILES string of the molecule is CCc1c(NC(=O)C(F)(F)F)c(C)cc(O)c1[N+](=O)[O-]. The van der Waals surface area contributed by atoms with E-state index in [0.717, 1.165) is 6.07 Å². The minimum atomic E-state index is -5.11. The van der Waals surface area contributed by atoms with Gasteiger partial charge in [0.15, 0.2) is 5.75 Å². The van der Waals surface area contributed by atoms with Crippen LogP contribution in [-0.4, -0.2) is 22.1 Å². The Labute approximate surface area is 111 Å². The van der Waals surface area contributed by atoms with Crippen LogP contribution in [0, 0.1) is 17.0 Å². The number of nitrogens with zero attached hydrogens (tertiary/aromatic N) is 1. The lowest BCUT2D eigenvalue weighted by Crippen LogP contribution is -2.30. The standard InChI is InChI=1S/C11H11F3N2O4/c1-3-6-8(15-10(18)11(12,13)14)5(2)4-7(17)9(6)16(19)20/h4,17H,3H2,1-2H3,(H,15,18). The predicted molar refractivity (Wildman–Crippen MR) is 63.6 cm³/mol. The Morgan fingerprint density at radius 2 is 2.05 bits per heavy atom. The lowest BCUT2D eigenvalue weighted by molar-refractivity contribution is -0.386. The van der Waals surface area contributed by atoms with Crippen LogP contribution in [-0.2, 0) is 11.2 Å². The van der Waals surface area contributed by atoms with Gasteiger partial charge in [-0.3, -0.25) is 14.9 Å². The van der Waals surface area contributed by atoms with Gasteiger partial charge in [0.1, 0.15) is 0 Å². The summed E-state index contributed by atoms with van der Waals surface area (Å²) in [6.07, 6.45) is -5.14. The number of carbonyl (C=O) groups excluding carboxylic acids is 1. The first-order valence-corrected chi connectivity index (χ1v) is 5.47. The number of anilines is 1. The molecule has 0 aliphatic heterocycles. The highest BCUT2D eigenvalue weighted by Gasteiger charge is 2.39. The van der Waals surface area contributed by atoms with Crippen molar-refractivity contribution in [2.45, 2.75) is 26.4 Å². The molecule has 1 aromatic carbocycles. The molecule has 0 fully saturated rings. The fourth-order valence-electron chi connectivity index (χ4n) is 1.76. The fourth-order valence-corrected chi connectivity index (χ4v) is 1.76. The number of alkyl halides is 3. The number of benzene rings is 1. The van der Waals surface area contributed by atoms with Gasteiger partial charge in [0, 0.05) is 0 Å². The van der Waals surface area contributed by atoms with E-state index in [0.29, 0.717) is 0 Å². The maximum atomic E-state index is 12.2. The van der Waals surface area contributed by atoms with Crippen molar-refractivity contribution >= 4 is 17.3 Å². The summed E-state index contributed by atoms with van der Waals surface area (Å²) in [6, 6.07) is 0.934. The van der Waals surface area contributed by atoms with Crippen molar-refractivity contribution in [3.8, 4) is 5.75 Å². The topological polar surface area (TPSA) is 92.5 Å². The van der Waals surface area contributed by atoms with Gasteiger partial charge in [-0.2, -0.15) is 13.2 Å². The smallest absolute Gasteiger partial charge is 0.471 e. The van der Waals surface area contributed by atoms with E-state index in [2.05, 4.69) is 0 Å². The molecule has 1 amide bonds. The molecule has 1 aromatic rings. The first-order valence-electron chi connectivity index (χ1n) is 5.47. The lowest BCUT2D eigenvalue weighted by Gasteiger charge is -2.15. The molecule has 0 aliphatic rings. The van der Waals surface area contributed by atoms with E-state index in [4.69, 9.17) is 0 Å². The predicted octanol–water partition coefficient (Wildman–Crippen LogP) is 2.67. The van der Waals surface area contributed by atoms with E-state index in [1.165, 1.54) is 13.8 Å². The molecule has 0 aromatic heterocycles. The van der Waals surface area contributed by atoms with Gasteiger partial charge in [-0.1, -0.05) is 6.92 Å². The van der Waals surface area contributed by atoms with E-state index in [1.807, 2.05) is 0 Å². The normalized spacial score (nSPS) is 11.2. The van der Waals surface area contributed by atoms with Crippen molar-refractivity contribution in [2.75, 3.05) is 5.32 Å². The first kappa shape index (κ1) is 15.7. The molecule has 110 valence electrons. The minimum Gasteiger partial charge on any atom is -0.502 e. The van der Waals surface area contributed by atoms with E-state index < -0.39 is 28.4 Å². The van der Waals surface area contributed by atoms with E-state index in [9.17, 15) is 33.2 Å². The molecule has 0 saturated heterocycles. The second-order valence-electron chi connectivity index (χ2n) is 3.98. The zero-order valence-electron chi connectivity index (χ0n) is 10.5. The highest BCUT2D eigenvalue weighted by atomic mass is 19.4. The molecule has 0 saturated carbocycles. The number of hydrogen-bond acceptors (Lipinski definition) is 4. The first-order chi connectivity index (χ1) is 9.09. The Kier molecular flexibility index (Phi) is 4.21. The largest absolute Gasteiger partial charge is 0.502 e. The van der Waals surface area contributed by atoms with Gasteiger partial charge in [0.2, 0.25) is 0 Å². The molecule has 0 aliphatic carbocycles. The number of aromatic hydroxyl groups is 1. The summed E-state index contributed by atoms with van der Waals surface area (Å²) in [5, 5.41) is 22.0. The second kappa shape index (κ2) is 5.35. The zero-order valence-corrected chi connectivity index (χ0v) is 10.5. The van der Waals surface area contributed by atoms with Gasteiger partial charge in [-0.15, -0.1) is 0 Å². The van der Waals surface area contributed by atoms with Crippen molar-refractivity contribution < 1.29 is 28.0 Å². The summed E-state index contributed by atoms with van der Waals surface area (Å²) in [5.74, 6) is -2.88. The van der Waals surface area contributed by atoms with Crippen LogP contribution in [0.25, 0.3) is 0 Å². The van der Waals surface area contributed by atoms with E-state index in [-0.39, 0.29) is 23.2 Å². The average molecular weight is 292 g/mol. The fraction of sp³-hybridized carbons (Fsp3) is 0.364. The quantitative estimate of drug-likeness (QED) is 0.509. The van der Waals surface area contributed by atoms with Crippen LogP contribution >= 0.6 is 0 Å². The molecule has 9 heteroatoms. The summed E-state index contributed by atoms with van der Waals surface area (Å²) >= 11 is 0. The Morgan fingerprint density at radius 1 is 1.50 bits per heavy atom. The highest BCUT2D eigenvalue weighted by molar-refractivity contribution is 5.97. The van der Waals surface area contributed by atoms with E-state index >= 15 is 0 Å². The van der Waals surface area contributed by atoms with Crippen LogP contribution in [0.5, 0.6) is 5.75 Å². The third kappa shape index (κ3) is 2.98. The minimum absolute atomic E-state index is 0.0287. The molecular weight excluding hydrogens is 281 g/mol. The van der Waals surface area contributed by atoms with Gasteiger partial charge in [0.05, 0.1) is 16.2 Å². The van der Waals surface area contributed by atoms with Crippen molar-refractivity contribution in [1.29, 1.82) is 0 Å². The number of nitro groups is 1. The summed E-state index contributed by atoms with van der Waals surface area (Å²) in [7, 11) is 0. The average Bonchev–Trinajstić information content (AvgIpc) is 2.29. The van der Waals surface area contributed by atoms with Gasteiger partial charge >= 0.3 is 17.8 Å². The van der Waals surface area contributed by atoms with Crippen molar-refractivity contribution in [1.82, 2.24) is 0 Å². The number of aryl methyl sites for hydroxylation is 1. The number of carbonyl (C=O) groups is 1. The molecule has 20 heavy (non-hydrogen) atoms. The maximum Gasteiger partial charge on any atom is 0.471 e. The lowest BCUT2D eigenvalue weighted by atomic mass is 10.0. The van der Waals surface area contributed by atoms with Crippen LogP contribution in [0.2, 0.25) is 0 Å². The molecule has 0 heterocycles. The molecule has 0 unspecified atom stereocenters. The van der Waals surface area contributed by atoms with Crippen molar-refractivity contribution in [3.05, 3.63) is 27.3 Å². The Balaban J connectivity index is 3.43. The third-order valence-corrected chi connectivity index (χ3v) is 2.61. The molecule has 0 radical (unpaired) electrons. The molecule has 1 rings (SSSR count). The number of nitrogens with one attached hydrogen (secondary N) is 1. The maximum absolute atomic E-state index is 12.2. The van der Waals surface area contributed by atoms with E-state index in [1.54, 1.807) is 5.32 Å². The van der Waals surface area contributed by atoms with Crippen LogP contribution < -0.4 is 5.32 Å². The zero-order chi connectivity index (χ0) is 15.7. The number of rotatable bonds is 3. The van der Waals surface area contributed by atoms with Crippen LogP contribution in [0.15, 0.2) is 6.07 Å². The van der Waals surface area contributed by atoms with Gasteiger partial charge < -0.3 is 10.4 Å². The van der Waals surface area contributed by atoms with Crippen LogP contribution in [0.3, 0.4) is 0 Å². The number of nitro benzene ring substituents is 1. The Hall–Kier alpha value is -2.32. The molecule has 0 atom stereocenters. The number of amides is 1. The van der Waals surface area contributed by atoms with Crippen molar-refractivity contribution in [2.24, 2.45) is 0 Å². The molecule has 2 N–H and O–H groups in total. The monoisotopic (exact) mass is 292 g/mol. The Morgan fingerprint density at radius 3 is 2.45 bits per heavy atom. The number of phenols is 1. The van der Waals surface area contributed by atoms with Gasteiger partial charge in [-0.05, 0) is 25.0 Å². The Bertz CT molecular complexity index is 570. The number of phenolic OH excluding ortho intramolecular Hbond substituents is 1. The van der Waals surface area contributed by atoms with Gasteiger partial charge in [0.25, 0.3) is 0 Å². The summed E-state index contributed by atoms with van der Waals surface area (Å²) in [4.78, 5) is 20.9. The summed E-state index contributed by atoms with van der Waals surface area (Å²) in [5.41, 5.74) is -1.08. The van der Waals surface area contributed by atoms with Crippen LogP contribution in [0.1, 0.15) is 18.1 Å². The van der Waals surface area contributed by atoms with Crippen molar-refractivity contribution in [3.63, 3.8) is 0 Å². The number of halogens is 3. The third-order valence-electron chi connectivity index (χ3n) is 2.61. The summed E-state index contributed by atoms with van der Waals surface area (Å²) in [6.45, 7) is 2.79. The van der Waals surface area contributed by atoms with Gasteiger partial charge in [-0.25, -0.2) is 0 Å². The molecule has 6 nitrogen and oxygen atoms in total.